The first-order chi connectivity index (χ1) is 9.29. The summed E-state index contributed by atoms with van der Waals surface area (Å²) in [7, 11) is 1.35. The van der Waals surface area contributed by atoms with Crippen LogP contribution in [-0.2, 0) is 16.0 Å². The van der Waals surface area contributed by atoms with Gasteiger partial charge in [0.15, 0.2) is 6.61 Å². The summed E-state index contributed by atoms with van der Waals surface area (Å²) in [6, 6.07) is 17.9. The van der Waals surface area contributed by atoms with Gasteiger partial charge in [0.25, 0.3) is 0 Å². The van der Waals surface area contributed by atoms with Crippen LogP contribution in [0, 0.1) is 0 Å². The van der Waals surface area contributed by atoms with Crippen molar-refractivity contribution in [3.8, 4) is 5.75 Å². The number of rotatable bonds is 5. The highest BCUT2D eigenvalue weighted by molar-refractivity contribution is 5.70. The summed E-state index contributed by atoms with van der Waals surface area (Å²) in [5, 5.41) is 0. The predicted octanol–water partition coefficient (Wildman–Crippen LogP) is 2.83. The van der Waals surface area contributed by atoms with E-state index in [1.54, 1.807) is 0 Å². The van der Waals surface area contributed by atoms with Gasteiger partial charge in [-0.25, -0.2) is 4.79 Å². The lowest BCUT2D eigenvalue weighted by molar-refractivity contribution is -0.142. The third-order valence-electron chi connectivity index (χ3n) is 2.78. The van der Waals surface area contributed by atoms with Gasteiger partial charge in [0, 0.05) is 6.42 Å². The quantitative estimate of drug-likeness (QED) is 0.772. The van der Waals surface area contributed by atoms with Crippen molar-refractivity contribution >= 4 is 5.97 Å². The van der Waals surface area contributed by atoms with Crippen molar-refractivity contribution in [2.75, 3.05) is 13.7 Å². The van der Waals surface area contributed by atoms with Crippen molar-refractivity contribution in [1.29, 1.82) is 0 Å². The summed E-state index contributed by atoms with van der Waals surface area (Å²) in [6.45, 7) is -0.0672. The van der Waals surface area contributed by atoms with Gasteiger partial charge in [-0.2, -0.15) is 0 Å². The fourth-order valence-corrected chi connectivity index (χ4v) is 1.80. The molecule has 0 aliphatic carbocycles. The molecule has 0 saturated heterocycles. The molecule has 0 aliphatic heterocycles. The zero-order valence-corrected chi connectivity index (χ0v) is 10.8. The molecule has 0 bridgehead atoms. The summed E-state index contributed by atoms with van der Waals surface area (Å²) < 4.78 is 10.1. The smallest absolute Gasteiger partial charge is 0.343 e. The molecule has 19 heavy (non-hydrogen) atoms. The molecule has 3 nitrogen and oxygen atoms in total. The standard InChI is InChI=1S/C16H16O3/c1-18-16(17)12-19-15-10-6-5-9-14(15)11-13-7-3-2-4-8-13/h2-10H,11-12H2,1H3. The van der Waals surface area contributed by atoms with Gasteiger partial charge in [0.1, 0.15) is 5.75 Å². The Bertz CT molecular complexity index is 535. The summed E-state index contributed by atoms with van der Waals surface area (Å²) in [4.78, 5) is 11.1. The molecule has 0 spiro atoms. The lowest BCUT2D eigenvalue weighted by atomic mass is 10.0. The van der Waals surface area contributed by atoms with E-state index in [1.807, 2.05) is 42.5 Å². The number of methoxy groups -OCH3 is 1. The minimum absolute atomic E-state index is 0.0672. The largest absolute Gasteiger partial charge is 0.482 e. The van der Waals surface area contributed by atoms with Gasteiger partial charge in [-0.3, -0.25) is 0 Å². The Labute approximate surface area is 112 Å². The van der Waals surface area contributed by atoms with Gasteiger partial charge in [0.2, 0.25) is 0 Å². The maximum absolute atomic E-state index is 11.1. The van der Waals surface area contributed by atoms with Gasteiger partial charge >= 0.3 is 5.97 Å². The van der Waals surface area contributed by atoms with Crippen molar-refractivity contribution < 1.29 is 14.3 Å². The van der Waals surface area contributed by atoms with E-state index >= 15 is 0 Å². The Morgan fingerprint density at radius 1 is 1.00 bits per heavy atom. The molecule has 0 heterocycles. The molecular weight excluding hydrogens is 240 g/mol. The first-order valence-corrected chi connectivity index (χ1v) is 6.11. The Hall–Kier alpha value is -2.29. The van der Waals surface area contributed by atoms with E-state index in [9.17, 15) is 4.79 Å². The number of hydrogen-bond acceptors (Lipinski definition) is 3. The molecule has 0 amide bonds. The molecule has 0 fully saturated rings. The van der Waals surface area contributed by atoms with Gasteiger partial charge < -0.3 is 9.47 Å². The monoisotopic (exact) mass is 256 g/mol. The van der Waals surface area contributed by atoms with Gasteiger partial charge in [-0.15, -0.1) is 0 Å². The summed E-state index contributed by atoms with van der Waals surface area (Å²) >= 11 is 0. The van der Waals surface area contributed by atoms with Crippen molar-refractivity contribution in [3.63, 3.8) is 0 Å². The van der Waals surface area contributed by atoms with E-state index in [0.29, 0.717) is 0 Å². The number of carbonyl (C=O) groups excluding carboxylic acids is 1. The second-order valence-corrected chi connectivity index (χ2v) is 4.13. The van der Waals surface area contributed by atoms with Crippen LogP contribution in [0.3, 0.4) is 0 Å². The average Bonchev–Trinajstić information content (AvgIpc) is 2.47. The molecule has 0 radical (unpaired) electrons. The van der Waals surface area contributed by atoms with Gasteiger partial charge in [-0.1, -0.05) is 48.5 Å². The zero-order valence-electron chi connectivity index (χ0n) is 10.8. The van der Waals surface area contributed by atoms with Crippen LogP contribution in [-0.4, -0.2) is 19.7 Å². The summed E-state index contributed by atoms with van der Waals surface area (Å²) in [5.41, 5.74) is 2.26. The second kappa shape index (κ2) is 6.59. The Morgan fingerprint density at radius 2 is 1.68 bits per heavy atom. The highest BCUT2D eigenvalue weighted by Gasteiger charge is 2.06. The summed E-state index contributed by atoms with van der Waals surface area (Å²) in [6.07, 6.45) is 0.776. The average molecular weight is 256 g/mol. The Morgan fingerprint density at radius 3 is 2.42 bits per heavy atom. The molecule has 2 aromatic rings. The molecule has 2 aromatic carbocycles. The van der Waals surface area contributed by atoms with Crippen LogP contribution in [0.15, 0.2) is 54.6 Å². The van der Waals surface area contributed by atoms with E-state index in [2.05, 4.69) is 16.9 Å². The molecule has 2 rings (SSSR count). The van der Waals surface area contributed by atoms with E-state index in [-0.39, 0.29) is 12.6 Å². The third-order valence-corrected chi connectivity index (χ3v) is 2.78. The topological polar surface area (TPSA) is 35.5 Å². The lowest BCUT2D eigenvalue weighted by Gasteiger charge is -2.10. The predicted molar refractivity (Wildman–Crippen MR) is 73.2 cm³/mol. The van der Waals surface area contributed by atoms with Crippen LogP contribution >= 0.6 is 0 Å². The van der Waals surface area contributed by atoms with Gasteiger partial charge in [-0.05, 0) is 17.2 Å². The van der Waals surface area contributed by atoms with Crippen molar-refractivity contribution in [2.24, 2.45) is 0 Å². The molecule has 0 aliphatic rings. The lowest BCUT2D eigenvalue weighted by Crippen LogP contribution is -2.13. The van der Waals surface area contributed by atoms with Crippen molar-refractivity contribution in [1.82, 2.24) is 0 Å². The minimum Gasteiger partial charge on any atom is -0.482 e. The van der Waals surface area contributed by atoms with Gasteiger partial charge in [0.05, 0.1) is 7.11 Å². The molecule has 98 valence electrons. The SMILES string of the molecule is COC(=O)COc1ccccc1Cc1ccccc1. The number of carbonyl (C=O) groups is 1. The number of ether oxygens (including phenoxy) is 2. The third kappa shape index (κ3) is 3.85. The summed E-state index contributed by atoms with van der Waals surface area (Å²) in [5.74, 6) is 0.339. The fraction of sp³-hybridized carbons (Fsp3) is 0.188. The number of benzene rings is 2. The minimum atomic E-state index is -0.380. The molecule has 0 aromatic heterocycles. The molecule has 0 N–H and O–H groups in total. The maximum atomic E-state index is 11.1. The normalized spacial score (nSPS) is 9.95. The number of esters is 1. The Kier molecular flexibility index (Phi) is 4.56. The molecule has 3 heteroatoms. The zero-order chi connectivity index (χ0) is 13.5. The Balaban J connectivity index is 2.10. The van der Waals surface area contributed by atoms with Crippen LogP contribution in [0.25, 0.3) is 0 Å². The number of hydrogen-bond donors (Lipinski definition) is 0. The van der Waals surface area contributed by atoms with Crippen LogP contribution < -0.4 is 4.74 Å². The number of para-hydroxylation sites is 1. The highest BCUT2D eigenvalue weighted by atomic mass is 16.6. The van der Waals surface area contributed by atoms with E-state index in [1.165, 1.54) is 12.7 Å². The van der Waals surface area contributed by atoms with Crippen molar-refractivity contribution in [2.45, 2.75) is 6.42 Å². The van der Waals surface area contributed by atoms with Crippen LogP contribution in [0.4, 0.5) is 0 Å². The molecule has 0 atom stereocenters. The van der Waals surface area contributed by atoms with Crippen LogP contribution in [0.2, 0.25) is 0 Å². The first-order valence-electron chi connectivity index (χ1n) is 6.11. The second-order valence-electron chi connectivity index (χ2n) is 4.13. The van der Waals surface area contributed by atoms with Crippen LogP contribution in [0.1, 0.15) is 11.1 Å². The molecular formula is C16H16O3. The fourth-order valence-electron chi connectivity index (χ4n) is 1.80. The molecule has 0 unspecified atom stereocenters. The van der Waals surface area contributed by atoms with E-state index < -0.39 is 0 Å². The molecule has 0 saturated carbocycles. The highest BCUT2D eigenvalue weighted by Crippen LogP contribution is 2.21. The maximum Gasteiger partial charge on any atom is 0.343 e. The first kappa shape index (κ1) is 13.1. The van der Waals surface area contributed by atoms with E-state index in [0.717, 1.165) is 17.7 Å². The van der Waals surface area contributed by atoms with Crippen LogP contribution in [0.5, 0.6) is 5.75 Å². The van der Waals surface area contributed by atoms with Crippen molar-refractivity contribution in [3.05, 3.63) is 65.7 Å². The van der Waals surface area contributed by atoms with E-state index in [4.69, 9.17) is 4.74 Å².